The van der Waals surface area contributed by atoms with Gasteiger partial charge in [-0.25, -0.2) is 17.5 Å². The van der Waals surface area contributed by atoms with Crippen LogP contribution >= 0.6 is 0 Å². The molecule has 4 rings (SSSR count). The number of halogens is 1. The molecule has 3 aromatic carbocycles. The Morgan fingerprint density at radius 1 is 0.902 bits per heavy atom. The van der Waals surface area contributed by atoms with Crippen LogP contribution in [0.1, 0.15) is 49.8 Å². The third kappa shape index (κ3) is 9.23. The number of carbonyl (C=O) groups excluding carboxylic acids is 2. The van der Waals surface area contributed by atoms with Crippen LogP contribution in [0.5, 0.6) is 0 Å². The molecule has 0 unspecified atom stereocenters. The van der Waals surface area contributed by atoms with Gasteiger partial charge in [-0.2, -0.15) is 0 Å². The van der Waals surface area contributed by atoms with E-state index in [1.54, 1.807) is 41.3 Å². The number of sulfonamides is 1. The Bertz CT molecular complexity index is 1410. The largest absolute Gasteiger partial charge is 0.354 e. The van der Waals surface area contributed by atoms with Crippen molar-refractivity contribution in [3.8, 4) is 0 Å². The van der Waals surface area contributed by atoms with E-state index in [-0.39, 0.29) is 47.5 Å². The molecule has 0 bridgehead atoms. The fourth-order valence-corrected chi connectivity index (χ4v) is 5.79. The number of aryl methyl sites for hydroxylation is 1. The van der Waals surface area contributed by atoms with Crippen molar-refractivity contribution in [1.29, 1.82) is 0 Å². The van der Waals surface area contributed by atoms with Gasteiger partial charge in [-0.15, -0.1) is 0 Å². The van der Waals surface area contributed by atoms with Gasteiger partial charge in [0.05, 0.1) is 4.90 Å². The second-order valence-corrected chi connectivity index (χ2v) is 12.7. The van der Waals surface area contributed by atoms with E-state index in [0.717, 1.165) is 24.0 Å². The summed E-state index contributed by atoms with van der Waals surface area (Å²) in [6.07, 6.45) is 2.54. The third-order valence-corrected chi connectivity index (χ3v) is 8.52. The fraction of sp³-hybridized carbons (Fsp3) is 0.375. The minimum absolute atomic E-state index is 0.0194. The number of hydrogen-bond donors (Lipinski definition) is 2. The lowest BCUT2D eigenvalue weighted by molar-refractivity contribution is -0.141. The molecule has 0 spiro atoms. The van der Waals surface area contributed by atoms with Gasteiger partial charge in [0.15, 0.2) is 0 Å². The zero-order chi connectivity index (χ0) is 29.4. The summed E-state index contributed by atoms with van der Waals surface area (Å²) in [6, 6.07) is 21.3. The van der Waals surface area contributed by atoms with Crippen molar-refractivity contribution in [2.45, 2.75) is 69.5 Å². The molecule has 1 atom stereocenters. The van der Waals surface area contributed by atoms with Crippen LogP contribution in [0, 0.1) is 11.7 Å². The predicted octanol–water partition coefficient (Wildman–Crippen LogP) is 4.61. The van der Waals surface area contributed by atoms with E-state index in [1.807, 2.05) is 44.2 Å². The highest BCUT2D eigenvalue weighted by atomic mass is 32.2. The van der Waals surface area contributed by atoms with Crippen molar-refractivity contribution in [2.24, 2.45) is 5.92 Å². The Hall–Kier alpha value is -3.56. The number of nitrogens with one attached hydrogen (secondary N) is 2. The first-order chi connectivity index (χ1) is 19.6. The highest BCUT2D eigenvalue weighted by molar-refractivity contribution is 7.89. The molecular formula is C32H38FN3O4S. The Kier molecular flexibility index (Phi) is 10.3. The van der Waals surface area contributed by atoms with Crippen molar-refractivity contribution in [2.75, 3.05) is 6.54 Å². The van der Waals surface area contributed by atoms with E-state index in [0.29, 0.717) is 24.9 Å². The first-order valence-corrected chi connectivity index (χ1v) is 15.6. The van der Waals surface area contributed by atoms with Gasteiger partial charge in [0.2, 0.25) is 21.8 Å². The third-order valence-electron chi connectivity index (χ3n) is 6.98. The van der Waals surface area contributed by atoms with Crippen LogP contribution < -0.4 is 10.0 Å². The summed E-state index contributed by atoms with van der Waals surface area (Å²) in [7, 11) is -3.55. The molecule has 218 valence electrons. The summed E-state index contributed by atoms with van der Waals surface area (Å²) in [6.45, 7) is 4.64. The van der Waals surface area contributed by atoms with E-state index in [2.05, 4.69) is 10.0 Å². The highest BCUT2D eigenvalue weighted by Crippen LogP contribution is 2.23. The van der Waals surface area contributed by atoms with Crippen molar-refractivity contribution < 1.29 is 22.4 Å². The molecule has 7 nitrogen and oxygen atoms in total. The Balaban J connectivity index is 1.54. The maximum Gasteiger partial charge on any atom is 0.243 e. The molecule has 1 saturated carbocycles. The molecule has 0 radical (unpaired) electrons. The second-order valence-electron chi connectivity index (χ2n) is 11.0. The topological polar surface area (TPSA) is 95.6 Å². The first kappa shape index (κ1) is 30.4. The molecular weight excluding hydrogens is 541 g/mol. The van der Waals surface area contributed by atoms with Crippen LogP contribution in [0.25, 0.3) is 0 Å². The number of benzene rings is 3. The Morgan fingerprint density at radius 3 is 2.15 bits per heavy atom. The molecule has 0 aromatic heterocycles. The van der Waals surface area contributed by atoms with Gasteiger partial charge >= 0.3 is 0 Å². The smallest absolute Gasteiger partial charge is 0.243 e. The van der Waals surface area contributed by atoms with Gasteiger partial charge in [-0.05, 0) is 66.1 Å². The van der Waals surface area contributed by atoms with Gasteiger partial charge in [-0.3, -0.25) is 9.59 Å². The second kappa shape index (κ2) is 13.9. The Labute approximate surface area is 242 Å². The van der Waals surface area contributed by atoms with Crippen LogP contribution in [0.3, 0.4) is 0 Å². The summed E-state index contributed by atoms with van der Waals surface area (Å²) in [5, 5.41) is 2.99. The van der Waals surface area contributed by atoms with Crippen molar-refractivity contribution >= 4 is 21.8 Å². The van der Waals surface area contributed by atoms with Crippen LogP contribution in [0.15, 0.2) is 83.8 Å². The maximum absolute atomic E-state index is 13.8. The van der Waals surface area contributed by atoms with E-state index in [4.69, 9.17) is 0 Å². The van der Waals surface area contributed by atoms with Gasteiger partial charge in [-0.1, -0.05) is 68.4 Å². The zero-order valence-corrected chi connectivity index (χ0v) is 24.4. The van der Waals surface area contributed by atoms with Crippen LogP contribution in [-0.4, -0.2) is 43.8 Å². The van der Waals surface area contributed by atoms with Gasteiger partial charge in [0, 0.05) is 32.0 Å². The quantitative estimate of drug-likeness (QED) is 0.292. The van der Waals surface area contributed by atoms with Crippen LogP contribution in [-0.2, 0) is 39.0 Å². The average Bonchev–Trinajstić information content (AvgIpc) is 3.77. The average molecular weight is 580 g/mol. The number of rotatable bonds is 14. The maximum atomic E-state index is 13.8. The number of nitrogens with zero attached hydrogens (tertiary/aromatic N) is 1. The lowest BCUT2D eigenvalue weighted by Crippen LogP contribution is -2.51. The molecule has 9 heteroatoms. The first-order valence-electron chi connectivity index (χ1n) is 14.1. The summed E-state index contributed by atoms with van der Waals surface area (Å²) >= 11 is 0. The molecule has 1 fully saturated rings. The normalized spacial score (nSPS) is 14.0. The molecule has 1 aliphatic carbocycles. The number of carbonyl (C=O) groups is 2. The molecule has 2 amide bonds. The van der Waals surface area contributed by atoms with Crippen LogP contribution in [0.2, 0.25) is 0 Å². The van der Waals surface area contributed by atoms with Crippen molar-refractivity contribution in [3.05, 3.63) is 101 Å². The summed E-state index contributed by atoms with van der Waals surface area (Å²) < 4.78 is 41.3. The predicted molar refractivity (Wildman–Crippen MR) is 157 cm³/mol. The van der Waals surface area contributed by atoms with Crippen LogP contribution in [0.4, 0.5) is 4.39 Å². The van der Waals surface area contributed by atoms with Gasteiger partial charge in [0.25, 0.3) is 0 Å². The molecule has 3 aromatic rings. The molecule has 41 heavy (non-hydrogen) atoms. The lowest BCUT2D eigenvalue weighted by atomic mass is 10.0. The molecule has 2 N–H and O–H groups in total. The van der Waals surface area contributed by atoms with Gasteiger partial charge in [0.1, 0.15) is 11.9 Å². The minimum Gasteiger partial charge on any atom is -0.354 e. The van der Waals surface area contributed by atoms with E-state index in [9.17, 15) is 22.4 Å². The standard InChI is InChI=1S/C32H38FN3O4S/c1-23(2)21-34-32(38)30(20-25-6-4-3-5-7-25)36(22-26-8-13-27(33)14-9-26)31(37)19-12-24-10-17-29(18-11-24)41(39,40)35-28-15-16-28/h3-11,13-14,17-18,23,28,30,35H,12,15-16,19-22H2,1-2H3,(H,34,38)/t30-/m0/s1. The van der Waals surface area contributed by atoms with E-state index < -0.39 is 16.1 Å². The van der Waals surface area contributed by atoms with Gasteiger partial charge < -0.3 is 10.2 Å². The fourth-order valence-electron chi connectivity index (χ4n) is 4.48. The summed E-state index contributed by atoms with van der Waals surface area (Å²) in [4.78, 5) is 29.1. The molecule has 0 aliphatic heterocycles. The molecule has 0 heterocycles. The minimum atomic E-state index is -3.55. The SMILES string of the molecule is CC(C)CNC(=O)[C@H](Cc1ccccc1)N(Cc1ccc(F)cc1)C(=O)CCc1ccc(S(=O)(=O)NC2CC2)cc1. The zero-order valence-electron chi connectivity index (χ0n) is 23.6. The van der Waals surface area contributed by atoms with Crippen molar-refractivity contribution in [1.82, 2.24) is 14.9 Å². The molecule has 1 aliphatic rings. The van der Waals surface area contributed by atoms with E-state index in [1.165, 1.54) is 12.1 Å². The number of amides is 2. The monoisotopic (exact) mass is 579 g/mol. The molecule has 0 saturated heterocycles. The number of hydrogen-bond acceptors (Lipinski definition) is 4. The Morgan fingerprint density at radius 2 is 1.54 bits per heavy atom. The highest BCUT2D eigenvalue weighted by Gasteiger charge is 2.31. The van der Waals surface area contributed by atoms with Crippen molar-refractivity contribution in [3.63, 3.8) is 0 Å². The summed E-state index contributed by atoms with van der Waals surface area (Å²) in [5.74, 6) is -0.596. The summed E-state index contributed by atoms with van der Waals surface area (Å²) in [5.41, 5.74) is 2.45. The lowest BCUT2D eigenvalue weighted by Gasteiger charge is -2.32. The van der Waals surface area contributed by atoms with E-state index >= 15 is 0 Å².